The molecular weight excluding hydrogens is 562 g/mol. The lowest BCUT2D eigenvalue weighted by molar-refractivity contribution is -0.313. The van der Waals surface area contributed by atoms with Crippen molar-refractivity contribution < 1.29 is 59.8 Å². The molecule has 0 amide bonds. The van der Waals surface area contributed by atoms with Crippen LogP contribution in [0, 0.1) is 0 Å². The van der Waals surface area contributed by atoms with E-state index in [0.29, 0.717) is 13.0 Å². The number of rotatable bonds is 15. The highest BCUT2D eigenvalue weighted by atomic mass is 16.7. The second kappa shape index (κ2) is 17.1. The van der Waals surface area contributed by atoms with Crippen LogP contribution in [0.4, 0.5) is 0 Å². The largest absolute Gasteiger partial charge is 0.395 e. The van der Waals surface area contributed by atoms with Crippen LogP contribution in [0.5, 0.6) is 0 Å². The Morgan fingerprint density at radius 2 is 1.45 bits per heavy atom. The van der Waals surface area contributed by atoms with Gasteiger partial charge in [-0.15, -0.1) is 0 Å². The number of aliphatic hydroxyl groups is 8. The Labute approximate surface area is 244 Å². The minimum atomic E-state index is -1.45. The van der Waals surface area contributed by atoms with Crippen LogP contribution in [-0.4, -0.2) is 172 Å². The first-order valence-electron chi connectivity index (χ1n) is 14.6. The molecule has 2 aliphatic heterocycles. The van der Waals surface area contributed by atoms with E-state index in [1.165, 1.54) is 0 Å². The molecule has 2 unspecified atom stereocenters. The first-order chi connectivity index (χ1) is 20.0. The first-order valence-corrected chi connectivity index (χ1v) is 14.6. The van der Waals surface area contributed by atoms with Crippen LogP contribution in [0.25, 0.3) is 0 Å². The van der Waals surface area contributed by atoms with Gasteiger partial charge < -0.3 is 87.6 Å². The minimum absolute atomic E-state index is 0.131. The number of aliphatic hydroxyl groups excluding tert-OH is 8. The van der Waals surface area contributed by atoms with Gasteiger partial charge in [0.2, 0.25) is 0 Å². The molecule has 14 atom stereocenters. The summed E-state index contributed by atoms with van der Waals surface area (Å²) in [6.07, 6.45) is -11.3. The molecule has 2 heterocycles. The molecule has 1 aliphatic carbocycles. The molecular formula is C25H51N5O12. The summed E-state index contributed by atoms with van der Waals surface area (Å²) in [6, 6.07) is -3.08. The quantitative estimate of drug-likeness (QED) is 0.0816. The Morgan fingerprint density at radius 1 is 0.810 bits per heavy atom. The summed E-state index contributed by atoms with van der Waals surface area (Å²) in [6.45, 7) is -0.604. The van der Waals surface area contributed by atoms with Gasteiger partial charge in [0.25, 0.3) is 0 Å². The molecule has 3 aliphatic rings. The second-order valence-corrected chi connectivity index (χ2v) is 11.4. The maximum atomic E-state index is 11.5. The van der Waals surface area contributed by atoms with E-state index in [-0.39, 0.29) is 32.4 Å². The third kappa shape index (κ3) is 9.41. The summed E-state index contributed by atoms with van der Waals surface area (Å²) in [4.78, 5) is 0. The molecule has 1 saturated carbocycles. The van der Waals surface area contributed by atoms with E-state index in [2.05, 4.69) is 10.6 Å². The van der Waals surface area contributed by atoms with Crippen LogP contribution in [0.15, 0.2) is 0 Å². The van der Waals surface area contributed by atoms with Crippen molar-refractivity contribution in [2.75, 3.05) is 39.5 Å². The first kappa shape index (κ1) is 35.8. The van der Waals surface area contributed by atoms with Crippen LogP contribution in [0.2, 0.25) is 0 Å². The topological polar surface area (TPSA) is 301 Å². The Kier molecular flexibility index (Phi) is 14.6. The van der Waals surface area contributed by atoms with Crippen molar-refractivity contribution in [2.45, 2.75) is 117 Å². The third-order valence-electron chi connectivity index (χ3n) is 8.03. The number of ether oxygens (including phenoxy) is 4. The maximum Gasteiger partial charge on any atom is 0.184 e. The van der Waals surface area contributed by atoms with Gasteiger partial charge in [0.15, 0.2) is 12.6 Å². The van der Waals surface area contributed by atoms with Crippen molar-refractivity contribution >= 4 is 0 Å². The molecule has 42 heavy (non-hydrogen) atoms. The van der Waals surface area contributed by atoms with Gasteiger partial charge in [0.1, 0.15) is 30.5 Å². The lowest BCUT2D eigenvalue weighted by atomic mass is 9.83. The van der Waals surface area contributed by atoms with Gasteiger partial charge in [-0.05, 0) is 25.8 Å². The molecule has 0 spiro atoms. The number of nitrogens with two attached hydrogens (primary N) is 3. The Morgan fingerprint density at radius 3 is 2.10 bits per heavy atom. The minimum Gasteiger partial charge on any atom is -0.395 e. The van der Waals surface area contributed by atoms with Crippen molar-refractivity contribution in [3.63, 3.8) is 0 Å². The molecule has 248 valence electrons. The Bertz CT molecular complexity index is 775. The van der Waals surface area contributed by atoms with Crippen LogP contribution >= 0.6 is 0 Å². The van der Waals surface area contributed by atoms with Gasteiger partial charge in [0.05, 0.1) is 56.3 Å². The van der Waals surface area contributed by atoms with Crippen molar-refractivity contribution in [1.29, 1.82) is 0 Å². The summed E-state index contributed by atoms with van der Waals surface area (Å²) < 4.78 is 23.6. The molecule has 0 aromatic carbocycles. The zero-order valence-electron chi connectivity index (χ0n) is 23.7. The summed E-state index contributed by atoms with van der Waals surface area (Å²) in [5.41, 5.74) is 18.1. The van der Waals surface area contributed by atoms with E-state index in [4.69, 9.17) is 36.1 Å². The smallest absolute Gasteiger partial charge is 0.184 e. The van der Waals surface area contributed by atoms with E-state index in [0.717, 1.165) is 0 Å². The van der Waals surface area contributed by atoms with Crippen LogP contribution in [0.3, 0.4) is 0 Å². The van der Waals surface area contributed by atoms with Crippen LogP contribution < -0.4 is 27.8 Å². The van der Waals surface area contributed by atoms with Gasteiger partial charge in [-0.25, -0.2) is 0 Å². The molecule has 3 rings (SSSR count). The molecule has 17 heteroatoms. The molecule has 0 aromatic rings. The molecule has 16 N–H and O–H groups in total. The predicted molar refractivity (Wildman–Crippen MR) is 145 cm³/mol. The van der Waals surface area contributed by atoms with Crippen molar-refractivity contribution in [2.24, 2.45) is 17.2 Å². The van der Waals surface area contributed by atoms with E-state index in [9.17, 15) is 40.9 Å². The average molecular weight is 614 g/mol. The number of hydrogen-bond donors (Lipinski definition) is 13. The summed E-state index contributed by atoms with van der Waals surface area (Å²) in [5, 5.41) is 87.3. The van der Waals surface area contributed by atoms with E-state index < -0.39 is 112 Å². The Balaban J connectivity index is 1.72. The van der Waals surface area contributed by atoms with Gasteiger partial charge in [-0.1, -0.05) is 0 Å². The third-order valence-corrected chi connectivity index (χ3v) is 8.03. The van der Waals surface area contributed by atoms with Gasteiger partial charge in [0, 0.05) is 31.6 Å². The summed E-state index contributed by atoms with van der Waals surface area (Å²) in [5.74, 6) is 0. The molecule has 0 bridgehead atoms. The van der Waals surface area contributed by atoms with E-state index >= 15 is 0 Å². The van der Waals surface area contributed by atoms with E-state index in [1.807, 2.05) is 0 Å². The fourth-order valence-electron chi connectivity index (χ4n) is 5.60. The zero-order valence-corrected chi connectivity index (χ0v) is 23.7. The summed E-state index contributed by atoms with van der Waals surface area (Å²) >= 11 is 0. The number of nitrogens with one attached hydrogen (secondary N) is 2. The van der Waals surface area contributed by atoms with Crippen molar-refractivity contribution in [1.82, 2.24) is 10.6 Å². The molecule has 2 saturated heterocycles. The van der Waals surface area contributed by atoms with E-state index in [1.54, 1.807) is 0 Å². The molecule has 0 aromatic heterocycles. The lowest BCUT2D eigenvalue weighted by Crippen LogP contribution is -2.68. The van der Waals surface area contributed by atoms with Crippen LogP contribution in [-0.2, 0) is 18.9 Å². The van der Waals surface area contributed by atoms with Crippen molar-refractivity contribution in [3.8, 4) is 0 Å². The SMILES string of the molecule is NCCC(O)CNC[C@H]1O[C@H](OC2[C@@H](N)C[C@@H](NC(CO)CO)[C@H](O[C@H]3O[C@H](CO)[C@@H](O)C[C@H]3O)[C@H]2O)[C@H](N)C[C@@H]1O. The predicted octanol–water partition coefficient (Wildman–Crippen LogP) is -6.91. The van der Waals surface area contributed by atoms with Gasteiger partial charge in [-0.3, -0.25) is 0 Å². The van der Waals surface area contributed by atoms with Gasteiger partial charge in [-0.2, -0.15) is 0 Å². The second-order valence-electron chi connectivity index (χ2n) is 11.4. The average Bonchev–Trinajstić information content (AvgIpc) is 2.94. The Hall–Kier alpha value is -0.680. The number of hydrogen-bond acceptors (Lipinski definition) is 17. The van der Waals surface area contributed by atoms with Crippen molar-refractivity contribution in [3.05, 3.63) is 0 Å². The standard InChI is InChI=1S/C25H51N5O12/c26-2-1-12(34)6-29-7-19-16(35)4-14(28)24(39-19)41-22-13(27)3-15(30-11(8-31)9-32)23(21(22)38)42-25-18(37)5-17(36)20(10-33)40-25/h11-25,29-38H,1-10,26-28H2/t12?,13-,14+,15+,16-,17-,18+,19+,20+,21-,22?,23-,24+,25+/m0/s1. The van der Waals surface area contributed by atoms with Crippen LogP contribution in [0.1, 0.15) is 25.7 Å². The monoisotopic (exact) mass is 613 g/mol. The van der Waals surface area contributed by atoms with Gasteiger partial charge >= 0.3 is 0 Å². The fraction of sp³-hybridized carbons (Fsp3) is 1.00. The molecule has 3 fully saturated rings. The molecule has 17 nitrogen and oxygen atoms in total. The fourth-order valence-corrected chi connectivity index (χ4v) is 5.60. The maximum absolute atomic E-state index is 11.5. The normalized spacial score (nSPS) is 42.1. The lowest BCUT2D eigenvalue weighted by Gasteiger charge is -2.48. The highest BCUT2D eigenvalue weighted by Crippen LogP contribution is 2.32. The summed E-state index contributed by atoms with van der Waals surface area (Å²) in [7, 11) is 0. The molecule has 0 radical (unpaired) electrons. The zero-order chi connectivity index (χ0) is 31.0. The highest BCUT2D eigenvalue weighted by Gasteiger charge is 2.50. The highest BCUT2D eigenvalue weighted by molar-refractivity contribution is 5.02.